The van der Waals surface area contributed by atoms with Crippen molar-refractivity contribution in [3.8, 4) is 11.3 Å². The molecule has 0 aliphatic heterocycles. The number of carboxylic acids is 1. The Morgan fingerprint density at radius 3 is 2.40 bits per heavy atom. The van der Waals surface area contributed by atoms with Crippen LogP contribution in [0.25, 0.3) is 16.9 Å². The number of aromatic carboxylic acids is 1. The molecule has 2 heterocycles. The van der Waals surface area contributed by atoms with Crippen molar-refractivity contribution in [1.82, 2.24) is 9.38 Å². The molecule has 0 bridgehead atoms. The molecule has 104 valence electrons. The van der Waals surface area contributed by atoms with Gasteiger partial charge in [0.2, 0.25) is 0 Å². The van der Waals surface area contributed by atoms with Crippen LogP contribution in [0.15, 0.2) is 54.9 Å². The zero-order valence-corrected chi connectivity index (χ0v) is 11.2. The van der Waals surface area contributed by atoms with Crippen molar-refractivity contribution in [2.75, 3.05) is 0 Å². The Kier molecular flexibility index (Phi) is 4.85. The first-order valence-electron chi connectivity index (χ1n) is 5.51. The van der Waals surface area contributed by atoms with Crippen LogP contribution in [0.2, 0.25) is 0 Å². The van der Waals surface area contributed by atoms with E-state index in [-0.39, 0.29) is 23.4 Å². The lowest BCUT2D eigenvalue weighted by molar-refractivity contribution is 0.0697. The van der Waals surface area contributed by atoms with Crippen molar-refractivity contribution in [1.29, 1.82) is 0 Å². The Hall–Kier alpha value is -2.37. The largest absolute Gasteiger partial charge is 0.478 e. The van der Waals surface area contributed by atoms with Gasteiger partial charge in [0.05, 0.1) is 11.3 Å². The zero-order valence-electron chi connectivity index (χ0n) is 10.4. The molecule has 1 aromatic carbocycles. The van der Waals surface area contributed by atoms with Crippen molar-refractivity contribution in [3.05, 3.63) is 60.4 Å². The quantitative estimate of drug-likeness (QED) is 0.786. The van der Waals surface area contributed by atoms with Gasteiger partial charge in [0.1, 0.15) is 5.65 Å². The molecule has 6 heteroatoms. The van der Waals surface area contributed by atoms with Crippen LogP contribution in [0.1, 0.15) is 10.4 Å². The molecule has 0 unspecified atom stereocenters. The summed E-state index contributed by atoms with van der Waals surface area (Å²) in [6, 6.07) is 12.5. The first kappa shape index (κ1) is 15.7. The van der Waals surface area contributed by atoms with Crippen LogP contribution >= 0.6 is 12.4 Å². The third-order valence-electron chi connectivity index (χ3n) is 2.79. The highest BCUT2D eigenvalue weighted by Gasteiger charge is 2.06. The number of fused-ring (bicyclic) bond motifs is 1. The normalized spacial score (nSPS) is 9.60. The molecule has 0 saturated heterocycles. The number of hydrogen-bond acceptors (Lipinski definition) is 2. The maximum Gasteiger partial charge on any atom is 0.335 e. The fourth-order valence-corrected chi connectivity index (χ4v) is 1.86. The molecule has 0 spiro atoms. The monoisotopic (exact) mass is 292 g/mol. The highest BCUT2D eigenvalue weighted by molar-refractivity contribution is 5.88. The minimum Gasteiger partial charge on any atom is -0.478 e. The molecule has 3 aromatic rings. The maximum atomic E-state index is 10.8. The summed E-state index contributed by atoms with van der Waals surface area (Å²) in [5.41, 5.74) is 2.89. The van der Waals surface area contributed by atoms with E-state index in [1.54, 1.807) is 24.3 Å². The highest BCUT2D eigenvalue weighted by Crippen LogP contribution is 2.19. The molecule has 0 fully saturated rings. The second-order valence-electron chi connectivity index (χ2n) is 3.97. The molecular formula is C14H13ClN2O3. The number of carboxylic acid groups (broad SMARTS) is 1. The van der Waals surface area contributed by atoms with Crippen LogP contribution in [-0.4, -0.2) is 25.9 Å². The van der Waals surface area contributed by atoms with Crippen LogP contribution in [0, 0.1) is 0 Å². The van der Waals surface area contributed by atoms with Gasteiger partial charge in [0, 0.05) is 18.0 Å². The number of imidazole rings is 1. The van der Waals surface area contributed by atoms with Crippen LogP contribution in [0.5, 0.6) is 0 Å². The van der Waals surface area contributed by atoms with Gasteiger partial charge in [-0.3, -0.25) is 0 Å². The lowest BCUT2D eigenvalue weighted by Crippen LogP contribution is -1.94. The van der Waals surface area contributed by atoms with Crippen molar-refractivity contribution in [3.63, 3.8) is 0 Å². The summed E-state index contributed by atoms with van der Waals surface area (Å²) in [6.07, 6.45) is 3.85. The van der Waals surface area contributed by atoms with Crippen LogP contribution in [-0.2, 0) is 0 Å². The minimum absolute atomic E-state index is 0. The molecule has 20 heavy (non-hydrogen) atoms. The molecule has 0 aliphatic carbocycles. The molecule has 5 nitrogen and oxygen atoms in total. The van der Waals surface area contributed by atoms with Gasteiger partial charge < -0.3 is 15.0 Å². The Morgan fingerprint density at radius 1 is 1.10 bits per heavy atom. The maximum absolute atomic E-state index is 10.8. The van der Waals surface area contributed by atoms with E-state index in [1.165, 1.54) is 0 Å². The van der Waals surface area contributed by atoms with E-state index in [1.807, 2.05) is 35.0 Å². The van der Waals surface area contributed by atoms with Gasteiger partial charge in [-0.25, -0.2) is 9.78 Å². The molecule has 0 saturated carbocycles. The summed E-state index contributed by atoms with van der Waals surface area (Å²) < 4.78 is 1.93. The molecular weight excluding hydrogens is 280 g/mol. The Morgan fingerprint density at radius 2 is 1.80 bits per heavy atom. The third-order valence-corrected chi connectivity index (χ3v) is 2.79. The van der Waals surface area contributed by atoms with E-state index >= 15 is 0 Å². The number of pyridine rings is 1. The van der Waals surface area contributed by atoms with Crippen molar-refractivity contribution >= 4 is 24.0 Å². The summed E-state index contributed by atoms with van der Waals surface area (Å²) >= 11 is 0. The van der Waals surface area contributed by atoms with Crippen LogP contribution in [0.4, 0.5) is 0 Å². The number of nitrogens with zero attached hydrogens (tertiary/aromatic N) is 2. The number of benzene rings is 1. The summed E-state index contributed by atoms with van der Waals surface area (Å²) in [7, 11) is 0. The van der Waals surface area contributed by atoms with E-state index in [2.05, 4.69) is 4.98 Å². The van der Waals surface area contributed by atoms with Gasteiger partial charge >= 0.3 is 5.97 Å². The predicted octanol–water partition coefficient (Wildman–Crippen LogP) is 2.30. The summed E-state index contributed by atoms with van der Waals surface area (Å²) in [5, 5.41) is 8.84. The molecule has 0 amide bonds. The smallest absolute Gasteiger partial charge is 0.335 e. The SMILES string of the molecule is Cl.O.O=C(O)c1ccc(-c2cn3ccccc3n2)cc1. The summed E-state index contributed by atoms with van der Waals surface area (Å²) in [5.74, 6) is -0.920. The van der Waals surface area contributed by atoms with Gasteiger partial charge in [0.15, 0.2) is 0 Å². The van der Waals surface area contributed by atoms with Crippen molar-refractivity contribution in [2.45, 2.75) is 0 Å². The Balaban J connectivity index is 0.000001000. The van der Waals surface area contributed by atoms with Gasteiger partial charge in [-0.05, 0) is 24.3 Å². The second kappa shape index (κ2) is 6.18. The minimum atomic E-state index is -0.920. The van der Waals surface area contributed by atoms with E-state index in [4.69, 9.17) is 5.11 Å². The molecule has 2 aromatic heterocycles. The summed E-state index contributed by atoms with van der Waals surface area (Å²) in [6.45, 7) is 0. The first-order valence-corrected chi connectivity index (χ1v) is 5.51. The van der Waals surface area contributed by atoms with Crippen LogP contribution in [0.3, 0.4) is 0 Å². The van der Waals surface area contributed by atoms with E-state index in [0.29, 0.717) is 0 Å². The molecule has 0 aliphatic rings. The first-order chi connectivity index (χ1) is 8.74. The predicted molar refractivity (Wildman–Crippen MR) is 78.4 cm³/mol. The van der Waals surface area contributed by atoms with Gasteiger partial charge in [-0.1, -0.05) is 18.2 Å². The fraction of sp³-hybridized carbons (Fsp3) is 0. The average Bonchev–Trinajstić information content (AvgIpc) is 2.82. The zero-order chi connectivity index (χ0) is 12.5. The molecule has 3 N–H and O–H groups in total. The number of rotatable bonds is 2. The number of carbonyl (C=O) groups is 1. The van der Waals surface area contributed by atoms with E-state index in [0.717, 1.165) is 16.9 Å². The van der Waals surface area contributed by atoms with E-state index < -0.39 is 5.97 Å². The summed E-state index contributed by atoms with van der Waals surface area (Å²) in [4.78, 5) is 15.2. The van der Waals surface area contributed by atoms with Crippen LogP contribution < -0.4 is 0 Å². The lowest BCUT2D eigenvalue weighted by atomic mass is 10.1. The van der Waals surface area contributed by atoms with Gasteiger partial charge in [0.25, 0.3) is 0 Å². The molecule has 0 radical (unpaired) electrons. The third kappa shape index (κ3) is 2.79. The topological polar surface area (TPSA) is 86.1 Å². The molecule has 3 rings (SSSR count). The number of halogens is 1. The molecule has 0 atom stereocenters. The van der Waals surface area contributed by atoms with Crippen molar-refractivity contribution < 1.29 is 15.4 Å². The number of aromatic nitrogens is 2. The van der Waals surface area contributed by atoms with Gasteiger partial charge in [-0.2, -0.15) is 0 Å². The van der Waals surface area contributed by atoms with Gasteiger partial charge in [-0.15, -0.1) is 12.4 Å². The van der Waals surface area contributed by atoms with E-state index in [9.17, 15) is 4.79 Å². The number of hydrogen-bond donors (Lipinski definition) is 1. The average molecular weight is 293 g/mol. The Labute approximate surface area is 121 Å². The highest BCUT2D eigenvalue weighted by atomic mass is 35.5. The lowest BCUT2D eigenvalue weighted by Gasteiger charge is -1.97. The fourth-order valence-electron chi connectivity index (χ4n) is 1.86. The standard InChI is InChI=1S/C14H10N2O2.ClH.H2O/c17-14(18)11-6-4-10(5-7-11)12-9-16-8-2-1-3-13(16)15-12;;/h1-9H,(H,17,18);1H;1H2. The van der Waals surface area contributed by atoms with Crippen molar-refractivity contribution in [2.24, 2.45) is 0 Å². The Bertz CT molecular complexity index is 690. The second-order valence-corrected chi connectivity index (χ2v) is 3.97.